The van der Waals surface area contributed by atoms with Crippen molar-refractivity contribution in [2.45, 2.75) is 44.9 Å². The topological polar surface area (TPSA) is 58.7 Å². The molecule has 2 atom stereocenters. The van der Waals surface area contributed by atoms with Crippen LogP contribution in [0.3, 0.4) is 0 Å². The molecule has 2 aromatic carbocycles. The van der Waals surface area contributed by atoms with Crippen molar-refractivity contribution in [2.75, 3.05) is 19.6 Å². The summed E-state index contributed by atoms with van der Waals surface area (Å²) in [6.45, 7) is 4.85. The molecule has 5 heteroatoms. The lowest BCUT2D eigenvalue weighted by atomic mass is 9.83. The Hall–Kier alpha value is -1.95. The number of ether oxygens (including phenoxy) is 1. The minimum atomic E-state index is -0.156. The Labute approximate surface area is 166 Å². The second kappa shape index (κ2) is 8.19. The summed E-state index contributed by atoms with van der Waals surface area (Å²) in [6.07, 6.45) is 2.68. The van der Waals surface area contributed by atoms with Crippen LogP contribution in [0.1, 0.15) is 41.2 Å². The lowest BCUT2D eigenvalue weighted by Gasteiger charge is -2.40. The van der Waals surface area contributed by atoms with Gasteiger partial charge >= 0.3 is 0 Å². The molecule has 2 heterocycles. The third kappa shape index (κ3) is 3.79. The van der Waals surface area contributed by atoms with Crippen LogP contribution in [0.15, 0.2) is 36.4 Å². The van der Waals surface area contributed by atoms with E-state index in [0.717, 1.165) is 54.6 Å². The van der Waals surface area contributed by atoms with Gasteiger partial charge in [-0.3, -0.25) is 4.90 Å². The summed E-state index contributed by atoms with van der Waals surface area (Å²) in [7, 11) is 0. The molecule has 0 spiro atoms. The number of likely N-dealkylation sites (tertiary alicyclic amines) is 1. The van der Waals surface area contributed by atoms with E-state index in [1.54, 1.807) is 6.07 Å². The predicted molar refractivity (Wildman–Crippen MR) is 108 cm³/mol. The van der Waals surface area contributed by atoms with Crippen LogP contribution in [-0.4, -0.2) is 35.7 Å². The quantitative estimate of drug-likeness (QED) is 0.844. The van der Waals surface area contributed by atoms with E-state index in [0.29, 0.717) is 24.8 Å². The Morgan fingerprint density at radius 1 is 1.18 bits per heavy atom. The van der Waals surface area contributed by atoms with Crippen LogP contribution >= 0.6 is 0 Å². The van der Waals surface area contributed by atoms with Gasteiger partial charge in [0, 0.05) is 30.6 Å². The van der Waals surface area contributed by atoms with Crippen LogP contribution < -0.4 is 5.73 Å². The first-order chi connectivity index (χ1) is 13.6. The summed E-state index contributed by atoms with van der Waals surface area (Å²) in [4.78, 5) is 2.31. The van der Waals surface area contributed by atoms with Gasteiger partial charge in [0.1, 0.15) is 11.6 Å². The highest BCUT2D eigenvalue weighted by Crippen LogP contribution is 2.40. The summed E-state index contributed by atoms with van der Waals surface area (Å²) >= 11 is 0. The number of rotatable bonds is 4. The molecular formula is C23H29FN2O2. The summed E-state index contributed by atoms with van der Waals surface area (Å²) in [5, 5.41) is 10.6. The van der Waals surface area contributed by atoms with E-state index in [1.165, 1.54) is 6.07 Å². The van der Waals surface area contributed by atoms with Gasteiger partial charge in [0.15, 0.2) is 0 Å². The number of nitrogens with zero attached hydrogens (tertiary/aromatic N) is 1. The molecule has 0 unspecified atom stereocenters. The Balaban J connectivity index is 1.42. The van der Waals surface area contributed by atoms with Gasteiger partial charge in [0.05, 0.1) is 12.2 Å². The highest BCUT2D eigenvalue weighted by Gasteiger charge is 2.35. The molecular weight excluding hydrogens is 355 g/mol. The molecule has 1 fully saturated rings. The normalized spacial score (nSPS) is 23.5. The average Bonchev–Trinajstić information content (AvgIpc) is 2.72. The molecule has 0 amide bonds. The maximum Gasteiger partial charge on any atom is 0.127 e. The van der Waals surface area contributed by atoms with Crippen LogP contribution in [0.25, 0.3) is 0 Å². The number of phenols is 1. The molecule has 4 rings (SSSR count). The third-order valence-corrected chi connectivity index (χ3v) is 6.34. The summed E-state index contributed by atoms with van der Waals surface area (Å²) in [5.74, 6) is 0.689. The fourth-order valence-electron chi connectivity index (χ4n) is 4.63. The molecule has 1 saturated heterocycles. The number of aromatic hydroxyl groups is 1. The molecule has 2 aliphatic rings. The first-order valence-electron chi connectivity index (χ1n) is 10.2. The monoisotopic (exact) mass is 384 g/mol. The van der Waals surface area contributed by atoms with E-state index in [4.69, 9.17) is 10.5 Å². The summed E-state index contributed by atoms with van der Waals surface area (Å²) in [5.41, 5.74) is 9.65. The van der Waals surface area contributed by atoms with Crippen molar-refractivity contribution in [2.24, 2.45) is 11.7 Å². The SMILES string of the molecule is Cc1ccc2c(c1O)C[C@@H](C1CCN(Cc3ccccc3F)CC1)O[C@H]2CN. The van der Waals surface area contributed by atoms with Crippen molar-refractivity contribution in [3.05, 3.63) is 64.5 Å². The third-order valence-electron chi connectivity index (χ3n) is 6.34. The van der Waals surface area contributed by atoms with Crippen molar-refractivity contribution < 1.29 is 14.2 Å². The molecule has 28 heavy (non-hydrogen) atoms. The minimum Gasteiger partial charge on any atom is -0.507 e. The van der Waals surface area contributed by atoms with Crippen molar-refractivity contribution in [3.8, 4) is 5.75 Å². The number of fused-ring (bicyclic) bond motifs is 1. The Morgan fingerprint density at radius 3 is 2.64 bits per heavy atom. The number of phenolic OH excluding ortho intramolecular Hbond substituents is 1. The van der Waals surface area contributed by atoms with Crippen LogP contribution in [0.4, 0.5) is 4.39 Å². The van der Waals surface area contributed by atoms with Gasteiger partial charge in [-0.2, -0.15) is 0 Å². The predicted octanol–water partition coefficient (Wildman–Crippen LogP) is 3.69. The highest BCUT2D eigenvalue weighted by atomic mass is 19.1. The van der Waals surface area contributed by atoms with Gasteiger partial charge in [-0.25, -0.2) is 4.39 Å². The van der Waals surface area contributed by atoms with E-state index in [1.807, 2.05) is 31.2 Å². The molecule has 2 aromatic rings. The van der Waals surface area contributed by atoms with Gasteiger partial charge in [0.2, 0.25) is 0 Å². The molecule has 2 aliphatic heterocycles. The Kier molecular flexibility index (Phi) is 5.67. The zero-order chi connectivity index (χ0) is 19.7. The lowest BCUT2D eigenvalue weighted by Crippen LogP contribution is -2.42. The summed E-state index contributed by atoms with van der Waals surface area (Å²) in [6, 6.07) is 11.0. The largest absolute Gasteiger partial charge is 0.507 e. The minimum absolute atomic E-state index is 0.0735. The first kappa shape index (κ1) is 19.4. The maximum absolute atomic E-state index is 13.9. The van der Waals surface area contributed by atoms with Crippen LogP contribution in [0.2, 0.25) is 0 Å². The highest BCUT2D eigenvalue weighted by molar-refractivity contribution is 5.47. The second-order valence-electron chi connectivity index (χ2n) is 8.11. The fraction of sp³-hybridized carbons (Fsp3) is 0.478. The number of halogens is 1. The van der Waals surface area contributed by atoms with Gasteiger partial charge in [-0.15, -0.1) is 0 Å². The van der Waals surface area contributed by atoms with Crippen molar-refractivity contribution >= 4 is 0 Å². The molecule has 0 aliphatic carbocycles. The van der Waals surface area contributed by atoms with Crippen molar-refractivity contribution in [3.63, 3.8) is 0 Å². The van der Waals surface area contributed by atoms with E-state index >= 15 is 0 Å². The zero-order valence-electron chi connectivity index (χ0n) is 16.4. The summed E-state index contributed by atoms with van der Waals surface area (Å²) < 4.78 is 20.3. The number of benzene rings is 2. The Morgan fingerprint density at radius 2 is 1.93 bits per heavy atom. The van der Waals surface area contributed by atoms with Crippen LogP contribution in [-0.2, 0) is 17.7 Å². The smallest absolute Gasteiger partial charge is 0.127 e. The van der Waals surface area contributed by atoms with Crippen LogP contribution in [0, 0.1) is 18.7 Å². The Bertz CT molecular complexity index is 833. The van der Waals surface area contributed by atoms with E-state index in [-0.39, 0.29) is 18.0 Å². The fourth-order valence-corrected chi connectivity index (χ4v) is 4.63. The lowest BCUT2D eigenvalue weighted by molar-refractivity contribution is -0.0651. The molecule has 4 nitrogen and oxygen atoms in total. The van der Waals surface area contributed by atoms with Gasteiger partial charge < -0.3 is 15.6 Å². The van der Waals surface area contributed by atoms with Gasteiger partial charge in [-0.1, -0.05) is 30.3 Å². The second-order valence-corrected chi connectivity index (χ2v) is 8.11. The van der Waals surface area contributed by atoms with Gasteiger partial charge in [0.25, 0.3) is 0 Å². The first-order valence-corrected chi connectivity index (χ1v) is 10.2. The average molecular weight is 384 g/mol. The molecule has 3 N–H and O–H groups in total. The van der Waals surface area contributed by atoms with Gasteiger partial charge in [-0.05, 0) is 56.0 Å². The van der Waals surface area contributed by atoms with E-state index in [2.05, 4.69) is 4.90 Å². The molecule has 0 radical (unpaired) electrons. The molecule has 0 aromatic heterocycles. The standard InChI is InChI=1S/C23H29FN2O2/c1-15-6-7-18-19(23(15)27)12-21(28-22(18)13-25)16-8-10-26(11-9-16)14-17-4-2-3-5-20(17)24/h2-7,16,21-22,27H,8-14,25H2,1H3/t21-,22-/m0/s1. The number of hydrogen-bond acceptors (Lipinski definition) is 4. The van der Waals surface area contributed by atoms with Crippen molar-refractivity contribution in [1.82, 2.24) is 4.90 Å². The van der Waals surface area contributed by atoms with E-state index < -0.39 is 0 Å². The van der Waals surface area contributed by atoms with E-state index in [9.17, 15) is 9.50 Å². The maximum atomic E-state index is 13.9. The molecule has 0 saturated carbocycles. The molecule has 150 valence electrons. The zero-order valence-corrected chi connectivity index (χ0v) is 16.4. The van der Waals surface area contributed by atoms with Crippen LogP contribution in [0.5, 0.6) is 5.75 Å². The number of piperidine rings is 1. The number of hydrogen-bond donors (Lipinski definition) is 2. The molecule has 0 bridgehead atoms. The number of aryl methyl sites for hydroxylation is 1. The number of nitrogens with two attached hydrogens (primary N) is 1. The van der Waals surface area contributed by atoms with Crippen molar-refractivity contribution in [1.29, 1.82) is 0 Å².